The zero-order chi connectivity index (χ0) is 17.6. The summed E-state index contributed by atoms with van der Waals surface area (Å²) in [5.41, 5.74) is -0.619. The molecule has 2 rings (SSSR count). The molecule has 1 heterocycles. The van der Waals surface area contributed by atoms with Crippen LogP contribution in [0.2, 0.25) is 0 Å². The number of amides is 3. The molecule has 0 aromatic rings. The molecule has 0 unspecified atom stereocenters. The molecule has 134 valence electrons. The quantitative estimate of drug-likeness (QED) is 0.828. The van der Waals surface area contributed by atoms with Gasteiger partial charge in [0.2, 0.25) is 5.91 Å². The highest BCUT2D eigenvalue weighted by atomic mass is 16.2. The molecule has 2 N–H and O–H groups in total. The van der Waals surface area contributed by atoms with E-state index < -0.39 is 5.41 Å². The van der Waals surface area contributed by atoms with Crippen molar-refractivity contribution in [2.75, 3.05) is 13.1 Å². The van der Waals surface area contributed by atoms with Crippen LogP contribution in [-0.4, -0.2) is 42.0 Å². The van der Waals surface area contributed by atoms with Crippen molar-refractivity contribution in [2.45, 2.75) is 77.3 Å². The number of hydrogen-bond acceptors (Lipinski definition) is 3. The lowest BCUT2D eigenvalue weighted by Gasteiger charge is -2.34. The van der Waals surface area contributed by atoms with E-state index in [2.05, 4.69) is 16.7 Å². The second-order valence-electron chi connectivity index (χ2n) is 7.78. The Morgan fingerprint density at radius 1 is 1.04 bits per heavy atom. The summed E-state index contributed by atoms with van der Waals surface area (Å²) in [6.07, 6.45) is 7.63. The molecule has 0 aromatic carbocycles. The normalized spacial score (nSPS) is 20.3. The SMILES string of the molecule is CC(C)(C#N)CC(=O)N1CCC(NC(=O)NC2CCCCC2)CC1. The average Bonchev–Trinajstić information content (AvgIpc) is 2.56. The Bertz CT molecular complexity index is 484. The highest BCUT2D eigenvalue weighted by molar-refractivity contribution is 5.77. The summed E-state index contributed by atoms with van der Waals surface area (Å²) in [6, 6.07) is 2.54. The minimum absolute atomic E-state index is 0.0339. The summed E-state index contributed by atoms with van der Waals surface area (Å²) < 4.78 is 0. The molecule has 6 nitrogen and oxygen atoms in total. The molecular formula is C18H30N4O2. The summed E-state index contributed by atoms with van der Waals surface area (Å²) in [7, 11) is 0. The van der Waals surface area contributed by atoms with E-state index >= 15 is 0 Å². The number of carbonyl (C=O) groups excluding carboxylic acids is 2. The Hall–Kier alpha value is -1.77. The van der Waals surface area contributed by atoms with Crippen molar-refractivity contribution in [3.8, 4) is 6.07 Å². The molecular weight excluding hydrogens is 304 g/mol. The van der Waals surface area contributed by atoms with Crippen LogP contribution in [0.15, 0.2) is 0 Å². The minimum Gasteiger partial charge on any atom is -0.342 e. The molecule has 0 bridgehead atoms. The lowest BCUT2D eigenvalue weighted by atomic mass is 9.90. The summed E-state index contributed by atoms with van der Waals surface area (Å²) in [4.78, 5) is 26.1. The van der Waals surface area contributed by atoms with Crippen molar-refractivity contribution in [2.24, 2.45) is 5.41 Å². The van der Waals surface area contributed by atoms with E-state index in [1.807, 2.05) is 4.90 Å². The number of piperidine rings is 1. The van der Waals surface area contributed by atoms with Gasteiger partial charge < -0.3 is 15.5 Å². The summed E-state index contributed by atoms with van der Waals surface area (Å²) in [5.74, 6) is 0.0339. The van der Waals surface area contributed by atoms with Crippen LogP contribution in [0.3, 0.4) is 0 Å². The molecule has 0 spiro atoms. The van der Waals surface area contributed by atoms with Gasteiger partial charge in [-0.1, -0.05) is 19.3 Å². The fourth-order valence-corrected chi connectivity index (χ4v) is 3.46. The van der Waals surface area contributed by atoms with Crippen molar-refractivity contribution in [1.29, 1.82) is 5.26 Å². The first-order valence-corrected chi connectivity index (χ1v) is 9.16. The molecule has 1 aliphatic carbocycles. The lowest BCUT2D eigenvalue weighted by Crippen LogP contribution is -2.51. The van der Waals surface area contributed by atoms with Gasteiger partial charge in [-0.15, -0.1) is 0 Å². The van der Waals surface area contributed by atoms with Crippen molar-refractivity contribution < 1.29 is 9.59 Å². The Morgan fingerprint density at radius 3 is 2.12 bits per heavy atom. The molecule has 1 saturated carbocycles. The fourth-order valence-electron chi connectivity index (χ4n) is 3.46. The van der Waals surface area contributed by atoms with Gasteiger partial charge in [0.05, 0.1) is 11.5 Å². The predicted octanol–water partition coefficient (Wildman–Crippen LogP) is 2.55. The maximum absolute atomic E-state index is 12.2. The zero-order valence-electron chi connectivity index (χ0n) is 14.9. The van der Waals surface area contributed by atoms with E-state index in [1.54, 1.807) is 13.8 Å². The largest absolute Gasteiger partial charge is 0.342 e. The molecule has 3 amide bonds. The van der Waals surface area contributed by atoms with E-state index in [1.165, 1.54) is 19.3 Å². The van der Waals surface area contributed by atoms with Gasteiger partial charge in [-0.05, 0) is 39.5 Å². The number of nitriles is 1. The first kappa shape index (κ1) is 18.6. The van der Waals surface area contributed by atoms with Crippen molar-refractivity contribution >= 4 is 11.9 Å². The van der Waals surface area contributed by atoms with Crippen LogP contribution in [0.4, 0.5) is 4.79 Å². The van der Waals surface area contributed by atoms with Gasteiger partial charge in [0, 0.05) is 31.6 Å². The predicted molar refractivity (Wildman–Crippen MR) is 92.2 cm³/mol. The number of rotatable bonds is 4. The summed E-state index contributed by atoms with van der Waals surface area (Å²) >= 11 is 0. The highest BCUT2D eigenvalue weighted by Crippen LogP contribution is 2.22. The Kier molecular flexibility index (Phi) is 6.47. The van der Waals surface area contributed by atoms with Crippen molar-refractivity contribution in [1.82, 2.24) is 15.5 Å². The van der Waals surface area contributed by atoms with Crippen LogP contribution in [0, 0.1) is 16.7 Å². The number of likely N-dealkylation sites (tertiary alicyclic amines) is 1. The Balaban J connectivity index is 1.69. The van der Waals surface area contributed by atoms with Gasteiger partial charge in [-0.3, -0.25) is 4.79 Å². The van der Waals surface area contributed by atoms with Crippen LogP contribution in [-0.2, 0) is 4.79 Å². The number of nitrogens with one attached hydrogen (secondary N) is 2. The van der Waals surface area contributed by atoms with E-state index in [-0.39, 0.29) is 24.4 Å². The van der Waals surface area contributed by atoms with E-state index in [0.717, 1.165) is 25.7 Å². The molecule has 1 aliphatic heterocycles. The molecule has 2 aliphatic rings. The monoisotopic (exact) mass is 334 g/mol. The third kappa shape index (κ3) is 5.70. The number of carbonyl (C=O) groups is 2. The minimum atomic E-state index is -0.619. The lowest BCUT2D eigenvalue weighted by molar-refractivity contribution is -0.133. The van der Waals surface area contributed by atoms with Gasteiger partial charge in [0.25, 0.3) is 0 Å². The molecule has 0 radical (unpaired) electrons. The van der Waals surface area contributed by atoms with Gasteiger partial charge in [0.1, 0.15) is 0 Å². The molecule has 24 heavy (non-hydrogen) atoms. The summed E-state index contributed by atoms with van der Waals surface area (Å²) in [6.45, 7) is 4.87. The third-order valence-corrected chi connectivity index (χ3v) is 5.02. The fraction of sp³-hybridized carbons (Fsp3) is 0.833. The topological polar surface area (TPSA) is 85.2 Å². The Morgan fingerprint density at radius 2 is 1.58 bits per heavy atom. The van der Waals surface area contributed by atoms with E-state index in [4.69, 9.17) is 5.26 Å². The number of nitrogens with zero attached hydrogens (tertiary/aromatic N) is 2. The molecule has 0 aromatic heterocycles. The van der Waals surface area contributed by atoms with Gasteiger partial charge in [0.15, 0.2) is 0 Å². The number of hydrogen-bond donors (Lipinski definition) is 2. The number of urea groups is 1. The molecule has 2 fully saturated rings. The average molecular weight is 334 g/mol. The van der Waals surface area contributed by atoms with E-state index in [9.17, 15) is 9.59 Å². The first-order chi connectivity index (χ1) is 11.4. The standard InChI is InChI=1S/C18H30N4O2/c1-18(2,13-19)12-16(23)22-10-8-15(9-11-22)21-17(24)20-14-6-4-3-5-7-14/h14-15H,3-12H2,1-2H3,(H2,20,21,24). The van der Waals surface area contributed by atoms with Gasteiger partial charge in [-0.2, -0.15) is 5.26 Å². The molecule has 0 atom stereocenters. The smallest absolute Gasteiger partial charge is 0.315 e. The van der Waals surface area contributed by atoms with E-state index in [0.29, 0.717) is 19.1 Å². The first-order valence-electron chi connectivity index (χ1n) is 9.16. The second-order valence-corrected chi connectivity index (χ2v) is 7.78. The van der Waals surface area contributed by atoms with Gasteiger partial charge in [-0.25, -0.2) is 4.79 Å². The van der Waals surface area contributed by atoms with Crippen LogP contribution in [0.25, 0.3) is 0 Å². The van der Waals surface area contributed by atoms with Crippen molar-refractivity contribution in [3.05, 3.63) is 0 Å². The van der Waals surface area contributed by atoms with Crippen LogP contribution < -0.4 is 10.6 Å². The van der Waals surface area contributed by atoms with Crippen molar-refractivity contribution in [3.63, 3.8) is 0 Å². The molecule has 6 heteroatoms. The van der Waals surface area contributed by atoms with Crippen LogP contribution >= 0.6 is 0 Å². The van der Waals surface area contributed by atoms with Crippen LogP contribution in [0.5, 0.6) is 0 Å². The van der Waals surface area contributed by atoms with Crippen LogP contribution in [0.1, 0.15) is 65.2 Å². The zero-order valence-corrected chi connectivity index (χ0v) is 14.9. The maximum atomic E-state index is 12.2. The third-order valence-electron chi connectivity index (χ3n) is 5.02. The highest BCUT2D eigenvalue weighted by Gasteiger charge is 2.28. The second kappa shape index (κ2) is 8.36. The van der Waals surface area contributed by atoms with Gasteiger partial charge >= 0.3 is 6.03 Å². The molecule has 1 saturated heterocycles. The Labute approximate surface area is 145 Å². The maximum Gasteiger partial charge on any atom is 0.315 e. The summed E-state index contributed by atoms with van der Waals surface area (Å²) in [5, 5.41) is 15.2.